The first-order valence-corrected chi connectivity index (χ1v) is 4.63. The van der Waals surface area contributed by atoms with Crippen LogP contribution in [0.1, 0.15) is 31.3 Å². The second kappa shape index (κ2) is 4.30. The summed E-state index contributed by atoms with van der Waals surface area (Å²) in [5.41, 5.74) is -0.789. The van der Waals surface area contributed by atoms with Gasteiger partial charge in [0, 0.05) is 0 Å². The van der Waals surface area contributed by atoms with Gasteiger partial charge in [0.1, 0.15) is 5.60 Å². The quantitative estimate of drug-likeness (QED) is 0.747. The molecule has 0 unspecified atom stereocenters. The maximum Gasteiger partial charge on any atom is 0.358 e. The zero-order chi connectivity index (χ0) is 12.3. The molecule has 0 aromatic carbocycles. The van der Waals surface area contributed by atoms with Crippen LogP contribution < -0.4 is 0 Å². The molecular formula is C9H13N3O4. The Bertz CT molecular complexity index is 405. The molecule has 16 heavy (non-hydrogen) atoms. The number of hydrogen-bond donors (Lipinski definition) is 1. The van der Waals surface area contributed by atoms with Gasteiger partial charge in [0.15, 0.2) is 12.2 Å². The maximum absolute atomic E-state index is 11.3. The molecule has 0 aliphatic carbocycles. The average Bonchev–Trinajstić information content (AvgIpc) is 2.48. The van der Waals surface area contributed by atoms with Crippen LogP contribution in [0.3, 0.4) is 0 Å². The van der Waals surface area contributed by atoms with E-state index in [1.807, 2.05) is 0 Å². The van der Waals surface area contributed by atoms with E-state index in [9.17, 15) is 9.59 Å². The number of carboxylic acid groups (broad SMARTS) is 1. The summed E-state index contributed by atoms with van der Waals surface area (Å²) >= 11 is 0. The molecule has 1 N–H and O–H groups in total. The van der Waals surface area contributed by atoms with E-state index in [0.717, 1.165) is 11.0 Å². The molecular weight excluding hydrogens is 214 g/mol. The van der Waals surface area contributed by atoms with Gasteiger partial charge in [0.25, 0.3) is 0 Å². The molecule has 0 aliphatic heterocycles. The van der Waals surface area contributed by atoms with E-state index in [1.165, 1.54) is 0 Å². The first-order valence-electron chi connectivity index (χ1n) is 4.63. The molecule has 1 aromatic rings. The van der Waals surface area contributed by atoms with Gasteiger partial charge in [0.2, 0.25) is 0 Å². The predicted octanol–water partition coefficient (Wildman–Crippen LogP) is 0.318. The van der Waals surface area contributed by atoms with Crippen molar-refractivity contribution in [1.82, 2.24) is 15.0 Å². The van der Waals surface area contributed by atoms with Gasteiger partial charge in [-0.2, -0.15) is 9.90 Å². The van der Waals surface area contributed by atoms with Crippen LogP contribution >= 0.6 is 0 Å². The summed E-state index contributed by atoms with van der Waals surface area (Å²) in [6.07, 6.45) is 1.08. The zero-order valence-electron chi connectivity index (χ0n) is 9.30. The Morgan fingerprint density at radius 2 is 2.12 bits per heavy atom. The van der Waals surface area contributed by atoms with Crippen LogP contribution in [-0.4, -0.2) is 37.6 Å². The van der Waals surface area contributed by atoms with Crippen LogP contribution in [0.25, 0.3) is 0 Å². The monoisotopic (exact) mass is 227 g/mol. The molecule has 0 bridgehead atoms. The van der Waals surface area contributed by atoms with Gasteiger partial charge in [-0.25, -0.2) is 9.59 Å². The van der Waals surface area contributed by atoms with E-state index in [0.29, 0.717) is 0 Å². The Kier molecular flexibility index (Phi) is 3.26. The molecule has 0 atom stereocenters. The molecule has 0 aliphatic rings. The highest BCUT2D eigenvalue weighted by molar-refractivity contribution is 5.84. The highest BCUT2D eigenvalue weighted by Gasteiger charge is 2.18. The molecule has 1 heterocycles. The van der Waals surface area contributed by atoms with Gasteiger partial charge in [-0.1, -0.05) is 0 Å². The minimum Gasteiger partial charge on any atom is -0.476 e. The average molecular weight is 227 g/mol. The summed E-state index contributed by atoms with van der Waals surface area (Å²) in [5.74, 6) is -1.70. The fourth-order valence-electron chi connectivity index (χ4n) is 0.961. The topological polar surface area (TPSA) is 94.3 Å². The number of hydrogen-bond acceptors (Lipinski definition) is 5. The van der Waals surface area contributed by atoms with E-state index < -0.39 is 17.5 Å². The van der Waals surface area contributed by atoms with Crippen molar-refractivity contribution in [2.75, 3.05) is 0 Å². The second-order valence-corrected chi connectivity index (χ2v) is 4.15. The minimum absolute atomic E-state index is 0.204. The number of aromatic carboxylic acids is 1. The van der Waals surface area contributed by atoms with Crippen LogP contribution in [0.15, 0.2) is 6.20 Å². The molecule has 1 aromatic heterocycles. The SMILES string of the molecule is CC(C)(C)OC(=O)Cn1ncc(C(=O)O)n1. The molecule has 0 radical (unpaired) electrons. The number of carbonyl (C=O) groups excluding carboxylic acids is 1. The van der Waals surface area contributed by atoms with Crippen molar-refractivity contribution < 1.29 is 19.4 Å². The van der Waals surface area contributed by atoms with Gasteiger partial charge in [0.05, 0.1) is 6.20 Å². The third kappa shape index (κ3) is 3.68. The fourth-order valence-corrected chi connectivity index (χ4v) is 0.961. The normalized spacial score (nSPS) is 11.2. The lowest BCUT2D eigenvalue weighted by Gasteiger charge is -2.18. The second-order valence-electron chi connectivity index (χ2n) is 4.15. The highest BCUT2D eigenvalue weighted by Crippen LogP contribution is 2.07. The lowest BCUT2D eigenvalue weighted by Crippen LogP contribution is -2.27. The van der Waals surface area contributed by atoms with Gasteiger partial charge in [-0.3, -0.25) is 0 Å². The number of esters is 1. The lowest BCUT2D eigenvalue weighted by molar-refractivity contribution is -0.156. The molecule has 0 fully saturated rings. The van der Waals surface area contributed by atoms with Crippen LogP contribution in [0.4, 0.5) is 0 Å². The van der Waals surface area contributed by atoms with Crippen LogP contribution in [0, 0.1) is 0 Å². The van der Waals surface area contributed by atoms with Gasteiger partial charge in [-0.05, 0) is 20.8 Å². The predicted molar refractivity (Wildman–Crippen MR) is 52.8 cm³/mol. The number of carbonyl (C=O) groups is 2. The van der Waals surface area contributed by atoms with Gasteiger partial charge >= 0.3 is 11.9 Å². The van der Waals surface area contributed by atoms with Crippen LogP contribution in [0.5, 0.6) is 0 Å². The third-order valence-corrected chi connectivity index (χ3v) is 1.45. The Morgan fingerprint density at radius 1 is 1.50 bits per heavy atom. The minimum atomic E-state index is -1.18. The van der Waals surface area contributed by atoms with Crippen LogP contribution in [-0.2, 0) is 16.1 Å². The number of ether oxygens (including phenoxy) is 1. The lowest BCUT2D eigenvalue weighted by atomic mass is 10.2. The molecule has 7 heteroatoms. The summed E-state index contributed by atoms with van der Waals surface area (Å²) in [5, 5.41) is 15.8. The van der Waals surface area contributed by atoms with Crippen LogP contribution in [0.2, 0.25) is 0 Å². The Morgan fingerprint density at radius 3 is 2.56 bits per heavy atom. The summed E-state index contributed by atoms with van der Waals surface area (Å²) in [6.45, 7) is 5.02. The van der Waals surface area contributed by atoms with Crippen molar-refractivity contribution in [3.05, 3.63) is 11.9 Å². The molecule has 1 rings (SSSR count). The van der Waals surface area contributed by atoms with E-state index in [-0.39, 0.29) is 12.2 Å². The van der Waals surface area contributed by atoms with E-state index in [4.69, 9.17) is 9.84 Å². The van der Waals surface area contributed by atoms with E-state index in [1.54, 1.807) is 20.8 Å². The molecule has 0 saturated carbocycles. The van der Waals surface area contributed by atoms with Crippen molar-refractivity contribution in [2.45, 2.75) is 32.9 Å². The first kappa shape index (κ1) is 12.2. The van der Waals surface area contributed by atoms with Gasteiger partial charge in [-0.15, -0.1) is 5.10 Å². The van der Waals surface area contributed by atoms with Crippen molar-refractivity contribution in [2.24, 2.45) is 0 Å². The van der Waals surface area contributed by atoms with Crippen molar-refractivity contribution in [3.63, 3.8) is 0 Å². The zero-order valence-corrected chi connectivity index (χ0v) is 9.30. The standard InChI is InChI=1S/C9H13N3O4/c1-9(2,3)16-7(13)5-12-10-4-6(11-12)8(14)15/h4H,5H2,1-3H3,(H,14,15). The molecule has 0 spiro atoms. The maximum atomic E-state index is 11.3. The molecule has 0 saturated heterocycles. The van der Waals surface area contributed by atoms with Crippen molar-refractivity contribution in [1.29, 1.82) is 0 Å². The van der Waals surface area contributed by atoms with Crippen molar-refractivity contribution >= 4 is 11.9 Å². The Hall–Kier alpha value is -1.92. The molecule has 7 nitrogen and oxygen atoms in total. The first-order chi connectivity index (χ1) is 7.28. The third-order valence-electron chi connectivity index (χ3n) is 1.45. The number of nitrogens with zero attached hydrogens (tertiary/aromatic N) is 3. The highest BCUT2D eigenvalue weighted by atomic mass is 16.6. The summed E-state index contributed by atoms with van der Waals surface area (Å²) < 4.78 is 5.02. The van der Waals surface area contributed by atoms with E-state index >= 15 is 0 Å². The van der Waals surface area contributed by atoms with E-state index in [2.05, 4.69) is 10.2 Å². The molecule has 0 amide bonds. The van der Waals surface area contributed by atoms with Gasteiger partial charge < -0.3 is 9.84 Å². The molecule has 88 valence electrons. The van der Waals surface area contributed by atoms with Crippen molar-refractivity contribution in [3.8, 4) is 0 Å². The smallest absolute Gasteiger partial charge is 0.358 e. The number of carboxylic acids is 1. The Balaban J connectivity index is 2.60. The Labute approximate surface area is 92.0 Å². The number of rotatable bonds is 3. The fraction of sp³-hybridized carbons (Fsp3) is 0.556. The summed E-state index contributed by atoms with van der Waals surface area (Å²) in [7, 11) is 0. The summed E-state index contributed by atoms with van der Waals surface area (Å²) in [6, 6.07) is 0. The summed E-state index contributed by atoms with van der Waals surface area (Å²) in [4.78, 5) is 22.8. The number of aromatic nitrogens is 3. The largest absolute Gasteiger partial charge is 0.476 e.